The predicted octanol–water partition coefficient (Wildman–Crippen LogP) is 5.74. The van der Waals surface area contributed by atoms with E-state index in [0.29, 0.717) is 34.4 Å². The van der Waals surface area contributed by atoms with Crippen LogP contribution in [0.5, 0.6) is 11.5 Å². The van der Waals surface area contributed by atoms with Gasteiger partial charge in [-0.15, -0.1) is 0 Å². The number of allylic oxidation sites excluding steroid dienone is 1. The van der Waals surface area contributed by atoms with Gasteiger partial charge in [0.2, 0.25) is 5.95 Å². The Morgan fingerprint density at radius 2 is 1.76 bits per heavy atom. The van der Waals surface area contributed by atoms with Crippen LogP contribution in [0.3, 0.4) is 0 Å². The number of halogens is 1. The van der Waals surface area contributed by atoms with Crippen molar-refractivity contribution in [2.75, 3.05) is 24.9 Å². The standard InChI is InChI=1S/C26H23BrN4O3/c1-15-23(25(32)29-19-9-5-7-11-22(19)34-3)24(17-14-16(27)12-13-21(17)33-2)31-20-10-6-4-8-18(20)30-26(31)28-15/h4-14,24H,1-3H3,(H,28,30)(H,29,32)/t24-/m1/s1. The minimum atomic E-state index is -0.481. The summed E-state index contributed by atoms with van der Waals surface area (Å²) in [6, 6.07) is 20.5. The Bertz CT molecular complexity index is 1440. The van der Waals surface area contributed by atoms with E-state index in [9.17, 15) is 4.79 Å². The second kappa shape index (κ2) is 8.87. The average molecular weight is 519 g/mol. The maximum Gasteiger partial charge on any atom is 0.255 e. The normalized spacial score (nSPS) is 15.0. The summed E-state index contributed by atoms with van der Waals surface area (Å²) in [6.45, 7) is 1.89. The van der Waals surface area contributed by atoms with Gasteiger partial charge in [0.15, 0.2) is 0 Å². The smallest absolute Gasteiger partial charge is 0.255 e. The van der Waals surface area contributed by atoms with E-state index in [0.717, 1.165) is 21.1 Å². The van der Waals surface area contributed by atoms with Crippen LogP contribution in [0, 0.1) is 0 Å². The van der Waals surface area contributed by atoms with Gasteiger partial charge in [0.1, 0.15) is 11.5 Å². The molecule has 3 aromatic carbocycles. The summed E-state index contributed by atoms with van der Waals surface area (Å²) in [4.78, 5) is 18.6. The van der Waals surface area contributed by atoms with Crippen molar-refractivity contribution in [3.05, 3.63) is 88.0 Å². The Hall–Kier alpha value is -3.78. The Morgan fingerprint density at radius 1 is 1.03 bits per heavy atom. The highest BCUT2D eigenvalue weighted by Crippen LogP contribution is 2.43. The highest BCUT2D eigenvalue weighted by Gasteiger charge is 2.36. The molecule has 0 aliphatic carbocycles. The highest BCUT2D eigenvalue weighted by atomic mass is 79.9. The van der Waals surface area contributed by atoms with Crippen LogP contribution < -0.4 is 20.1 Å². The summed E-state index contributed by atoms with van der Waals surface area (Å²) < 4.78 is 14.1. The fourth-order valence-corrected chi connectivity index (χ4v) is 4.79. The van der Waals surface area contributed by atoms with E-state index < -0.39 is 6.04 Å². The number of imidazole rings is 1. The average Bonchev–Trinajstić information content (AvgIpc) is 3.21. The van der Waals surface area contributed by atoms with Crippen LogP contribution in [0.1, 0.15) is 18.5 Å². The molecule has 0 bridgehead atoms. The Morgan fingerprint density at radius 3 is 2.56 bits per heavy atom. The monoisotopic (exact) mass is 518 g/mol. The lowest BCUT2D eigenvalue weighted by molar-refractivity contribution is -0.113. The van der Waals surface area contributed by atoms with E-state index in [-0.39, 0.29) is 5.91 Å². The van der Waals surface area contributed by atoms with Crippen molar-refractivity contribution in [1.82, 2.24) is 9.55 Å². The lowest BCUT2D eigenvalue weighted by Crippen LogP contribution is -2.31. The molecule has 172 valence electrons. The first-order valence-corrected chi connectivity index (χ1v) is 11.5. The molecule has 2 heterocycles. The van der Waals surface area contributed by atoms with Gasteiger partial charge < -0.3 is 20.1 Å². The molecule has 34 heavy (non-hydrogen) atoms. The van der Waals surface area contributed by atoms with Gasteiger partial charge in [-0.25, -0.2) is 4.98 Å². The van der Waals surface area contributed by atoms with Gasteiger partial charge in [0.25, 0.3) is 5.91 Å². The number of carbonyl (C=O) groups is 1. The second-order valence-corrected chi connectivity index (χ2v) is 8.82. The molecule has 0 saturated carbocycles. The van der Waals surface area contributed by atoms with Crippen LogP contribution >= 0.6 is 15.9 Å². The number of ether oxygens (including phenoxy) is 2. The summed E-state index contributed by atoms with van der Waals surface area (Å²) in [6.07, 6.45) is 0. The summed E-state index contributed by atoms with van der Waals surface area (Å²) in [5.41, 5.74) is 4.44. The number of para-hydroxylation sites is 4. The number of amides is 1. The zero-order chi connectivity index (χ0) is 23.8. The van der Waals surface area contributed by atoms with Gasteiger partial charge in [0.05, 0.1) is 42.6 Å². The molecule has 1 atom stereocenters. The molecular weight excluding hydrogens is 496 g/mol. The molecular formula is C26H23BrN4O3. The van der Waals surface area contributed by atoms with Crippen molar-refractivity contribution in [2.45, 2.75) is 13.0 Å². The number of fused-ring (bicyclic) bond motifs is 3. The Kier molecular flexibility index (Phi) is 5.75. The summed E-state index contributed by atoms with van der Waals surface area (Å²) in [5.74, 6) is 1.68. The number of methoxy groups -OCH3 is 2. The molecule has 5 rings (SSSR count). The minimum Gasteiger partial charge on any atom is -0.496 e. The van der Waals surface area contributed by atoms with E-state index in [1.54, 1.807) is 14.2 Å². The molecule has 0 fully saturated rings. The molecule has 1 aromatic heterocycles. The van der Waals surface area contributed by atoms with E-state index in [1.165, 1.54) is 0 Å². The number of nitrogens with one attached hydrogen (secondary N) is 2. The first-order valence-electron chi connectivity index (χ1n) is 10.7. The topological polar surface area (TPSA) is 77.4 Å². The molecule has 1 amide bonds. The van der Waals surface area contributed by atoms with Gasteiger partial charge in [-0.2, -0.15) is 0 Å². The quantitative estimate of drug-likeness (QED) is 0.352. The number of nitrogens with zero attached hydrogens (tertiary/aromatic N) is 2. The predicted molar refractivity (Wildman–Crippen MR) is 137 cm³/mol. The molecule has 7 nitrogen and oxygen atoms in total. The molecule has 0 radical (unpaired) electrons. The molecule has 0 saturated heterocycles. The third kappa shape index (κ3) is 3.70. The van der Waals surface area contributed by atoms with Crippen molar-refractivity contribution in [3.63, 3.8) is 0 Å². The largest absolute Gasteiger partial charge is 0.496 e. The van der Waals surface area contributed by atoms with E-state index in [2.05, 4.69) is 26.6 Å². The Labute approximate surface area is 205 Å². The van der Waals surface area contributed by atoms with Crippen LogP contribution in [-0.2, 0) is 4.79 Å². The summed E-state index contributed by atoms with van der Waals surface area (Å²) >= 11 is 3.59. The van der Waals surface area contributed by atoms with Gasteiger partial charge in [-0.1, -0.05) is 40.2 Å². The number of anilines is 2. The molecule has 1 aliphatic rings. The zero-order valence-corrected chi connectivity index (χ0v) is 20.5. The van der Waals surface area contributed by atoms with Crippen LogP contribution in [0.2, 0.25) is 0 Å². The maximum absolute atomic E-state index is 13.8. The van der Waals surface area contributed by atoms with E-state index in [1.807, 2.05) is 78.2 Å². The lowest BCUT2D eigenvalue weighted by Gasteiger charge is -2.31. The molecule has 2 N–H and O–H groups in total. The van der Waals surface area contributed by atoms with Crippen LogP contribution in [-0.4, -0.2) is 29.7 Å². The van der Waals surface area contributed by atoms with E-state index >= 15 is 0 Å². The molecule has 0 unspecified atom stereocenters. The summed E-state index contributed by atoms with van der Waals surface area (Å²) in [7, 11) is 3.21. The van der Waals surface area contributed by atoms with E-state index in [4.69, 9.17) is 14.5 Å². The van der Waals surface area contributed by atoms with Gasteiger partial charge in [-0.05, 0) is 49.4 Å². The van der Waals surface area contributed by atoms with Gasteiger partial charge in [0, 0.05) is 15.7 Å². The van der Waals surface area contributed by atoms with Crippen LogP contribution in [0.25, 0.3) is 11.0 Å². The van der Waals surface area contributed by atoms with Crippen molar-refractivity contribution in [3.8, 4) is 11.5 Å². The second-order valence-electron chi connectivity index (χ2n) is 7.90. The number of carbonyl (C=O) groups excluding carboxylic acids is 1. The van der Waals surface area contributed by atoms with Crippen molar-refractivity contribution in [2.24, 2.45) is 0 Å². The van der Waals surface area contributed by atoms with Crippen LogP contribution in [0.4, 0.5) is 11.6 Å². The molecule has 0 spiro atoms. The minimum absolute atomic E-state index is 0.245. The van der Waals surface area contributed by atoms with Crippen molar-refractivity contribution >= 4 is 44.5 Å². The summed E-state index contributed by atoms with van der Waals surface area (Å²) in [5, 5.41) is 6.37. The number of aromatic nitrogens is 2. The maximum atomic E-state index is 13.8. The molecule has 4 aromatic rings. The number of hydrogen-bond donors (Lipinski definition) is 2. The number of benzene rings is 3. The SMILES string of the molecule is COc1ccccc1NC(=O)C1=C(C)Nc2nc3ccccc3n2[C@@H]1c1cc(Br)ccc1OC. The third-order valence-electron chi connectivity index (χ3n) is 5.92. The highest BCUT2D eigenvalue weighted by molar-refractivity contribution is 9.10. The fraction of sp³-hybridized carbons (Fsp3) is 0.154. The third-order valence-corrected chi connectivity index (χ3v) is 6.41. The molecule has 8 heteroatoms. The van der Waals surface area contributed by atoms with Crippen LogP contribution in [0.15, 0.2) is 82.5 Å². The first kappa shape index (κ1) is 22.0. The van der Waals surface area contributed by atoms with Crippen molar-refractivity contribution < 1.29 is 14.3 Å². The molecule has 1 aliphatic heterocycles. The number of rotatable bonds is 5. The zero-order valence-electron chi connectivity index (χ0n) is 18.9. The Balaban J connectivity index is 1.71. The fourth-order valence-electron chi connectivity index (χ4n) is 4.41. The van der Waals surface area contributed by atoms with Gasteiger partial charge >= 0.3 is 0 Å². The lowest BCUT2D eigenvalue weighted by atomic mass is 9.93. The van der Waals surface area contributed by atoms with Gasteiger partial charge in [-0.3, -0.25) is 9.36 Å². The van der Waals surface area contributed by atoms with Crippen molar-refractivity contribution in [1.29, 1.82) is 0 Å². The number of hydrogen-bond acceptors (Lipinski definition) is 5. The first-order chi connectivity index (χ1) is 16.5.